The molecule has 0 radical (unpaired) electrons. The van der Waals surface area contributed by atoms with Crippen LogP contribution in [0.2, 0.25) is 5.02 Å². The van der Waals surface area contributed by atoms with Crippen molar-refractivity contribution in [2.75, 3.05) is 7.11 Å². The predicted octanol–water partition coefficient (Wildman–Crippen LogP) is 6.51. The number of carbonyl (C=O) groups is 2. The number of carbonyl (C=O) groups excluding carboxylic acids is 1. The molecule has 2 saturated carbocycles. The third kappa shape index (κ3) is 5.04. The van der Waals surface area contributed by atoms with E-state index in [2.05, 4.69) is 38.2 Å². The lowest BCUT2D eigenvalue weighted by atomic mass is 9.70. The summed E-state index contributed by atoms with van der Waals surface area (Å²) in [6.45, 7) is 10.7. The summed E-state index contributed by atoms with van der Waals surface area (Å²) in [6, 6.07) is 6.06. The second-order valence-electron chi connectivity index (χ2n) is 12.7. The molecule has 0 spiro atoms. The molecule has 0 aromatic heterocycles. The summed E-state index contributed by atoms with van der Waals surface area (Å²) in [5, 5.41) is 13.8. The highest BCUT2D eigenvalue weighted by molar-refractivity contribution is 6.31. The molecule has 0 saturated heterocycles. The zero-order valence-electron chi connectivity index (χ0n) is 22.5. The van der Waals surface area contributed by atoms with E-state index < -0.39 is 23.0 Å². The molecule has 1 aromatic rings. The number of nitrogens with one attached hydrogen (secondary N) is 1. The average molecular weight is 517 g/mol. The molecule has 1 aliphatic heterocycles. The van der Waals surface area contributed by atoms with Crippen LogP contribution in [-0.4, -0.2) is 40.8 Å². The van der Waals surface area contributed by atoms with Gasteiger partial charge in [-0.05, 0) is 86.0 Å². The van der Waals surface area contributed by atoms with E-state index in [9.17, 15) is 14.7 Å². The number of benzene rings is 1. The minimum atomic E-state index is -0.788. The van der Waals surface area contributed by atoms with E-state index in [0.717, 1.165) is 47.4 Å². The number of carboxylic acids is 1. The van der Waals surface area contributed by atoms with Gasteiger partial charge in [-0.2, -0.15) is 0 Å². The zero-order valence-corrected chi connectivity index (χ0v) is 23.2. The van der Waals surface area contributed by atoms with Gasteiger partial charge in [-0.3, -0.25) is 9.69 Å². The first-order chi connectivity index (χ1) is 16.8. The van der Waals surface area contributed by atoms with Gasteiger partial charge in [-0.25, -0.2) is 4.79 Å². The van der Waals surface area contributed by atoms with Gasteiger partial charge < -0.3 is 15.2 Å². The van der Waals surface area contributed by atoms with Crippen molar-refractivity contribution in [2.24, 2.45) is 17.3 Å². The molecule has 7 heteroatoms. The Balaban J connectivity index is 1.70. The summed E-state index contributed by atoms with van der Waals surface area (Å²) in [5.41, 5.74) is 2.24. The van der Waals surface area contributed by atoms with Gasteiger partial charge >= 0.3 is 12.0 Å². The lowest BCUT2D eigenvalue weighted by Crippen LogP contribution is -2.61. The molecule has 5 atom stereocenters. The number of nitrogens with zero attached hydrogens (tertiary/aromatic N) is 1. The number of halogens is 1. The highest BCUT2D eigenvalue weighted by atomic mass is 35.5. The van der Waals surface area contributed by atoms with Crippen molar-refractivity contribution in [2.45, 2.75) is 96.7 Å². The summed E-state index contributed by atoms with van der Waals surface area (Å²) in [7, 11) is 1.73. The maximum absolute atomic E-state index is 13.7. The monoisotopic (exact) mass is 516 g/mol. The number of urea groups is 1. The molecule has 4 unspecified atom stereocenters. The zero-order chi connectivity index (χ0) is 26.5. The van der Waals surface area contributed by atoms with Crippen LogP contribution in [0.5, 0.6) is 0 Å². The van der Waals surface area contributed by atoms with E-state index in [1.165, 1.54) is 0 Å². The van der Waals surface area contributed by atoms with E-state index in [0.29, 0.717) is 19.3 Å². The Hall–Kier alpha value is -2.05. The molecule has 1 heterocycles. The fourth-order valence-electron chi connectivity index (χ4n) is 6.47. The molecule has 6 nitrogen and oxygen atoms in total. The maximum Gasteiger partial charge on any atom is 0.322 e. The molecule has 2 fully saturated rings. The summed E-state index contributed by atoms with van der Waals surface area (Å²) in [6.07, 6.45) is 7.35. The third-order valence-corrected chi connectivity index (χ3v) is 9.04. The molecule has 1 aromatic carbocycles. The standard InChI is InChI=1S/C29H41ClN2O4/c1-18-15-28(5,16-23(18)25(33)34)32-17-21-13-22(36-6)10-12-29(21,31-26(32)35)20-8-7-19(24(30)14-20)9-11-27(2,3)4/h7-8,14,17-18,22-23H,9-13,15-16H2,1-6H3,(H,31,35)(H,33,34)/t18?,22?,23?,28?,29-/m1/s1. The number of rotatable bonds is 6. The van der Waals surface area contributed by atoms with Crippen molar-refractivity contribution in [1.82, 2.24) is 10.2 Å². The van der Waals surface area contributed by atoms with E-state index in [-0.39, 0.29) is 23.5 Å². The molecule has 198 valence electrons. The first-order valence-electron chi connectivity index (χ1n) is 13.2. The molecular formula is C29H41ClN2O4. The predicted molar refractivity (Wildman–Crippen MR) is 142 cm³/mol. The Labute approximate surface area is 220 Å². The van der Waals surface area contributed by atoms with Crippen molar-refractivity contribution in [3.8, 4) is 0 Å². The third-order valence-electron chi connectivity index (χ3n) is 8.69. The quantitative estimate of drug-likeness (QED) is 0.451. The normalized spacial score (nSPS) is 32.6. The molecule has 3 aliphatic rings. The van der Waals surface area contributed by atoms with Gasteiger partial charge in [-0.1, -0.05) is 51.4 Å². The number of hydrogen-bond acceptors (Lipinski definition) is 3. The summed E-state index contributed by atoms with van der Waals surface area (Å²) >= 11 is 6.79. The molecule has 0 bridgehead atoms. The summed E-state index contributed by atoms with van der Waals surface area (Å²) in [4.78, 5) is 27.2. The van der Waals surface area contributed by atoms with Crippen molar-refractivity contribution >= 4 is 23.6 Å². The molecular weight excluding hydrogens is 476 g/mol. The minimum Gasteiger partial charge on any atom is -0.481 e. The lowest BCUT2D eigenvalue weighted by Gasteiger charge is -2.50. The first kappa shape index (κ1) is 27.0. The van der Waals surface area contributed by atoms with Gasteiger partial charge in [0.05, 0.1) is 17.6 Å². The number of fused-ring (bicyclic) bond motifs is 1. The number of methoxy groups -OCH3 is 1. The van der Waals surface area contributed by atoms with Crippen molar-refractivity contribution in [3.05, 3.63) is 46.1 Å². The molecule has 2 amide bonds. The Morgan fingerprint density at radius 1 is 1.31 bits per heavy atom. The Kier molecular flexibility index (Phi) is 7.26. The molecule has 36 heavy (non-hydrogen) atoms. The second-order valence-corrected chi connectivity index (χ2v) is 13.1. The van der Waals surface area contributed by atoms with Crippen LogP contribution in [0, 0.1) is 17.3 Å². The molecule has 4 rings (SSSR count). The van der Waals surface area contributed by atoms with Gasteiger partial charge in [0.2, 0.25) is 0 Å². The maximum atomic E-state index is 13.7. The van der Waals surface area contributed by atoms with E-state index in [4.69, 9.17) is 16.3 Å². The van der Waals surface area contributed by atoms with Gasteiger partial charge in [-0.15, -0.1) is 0 Å². The van der Waals surface area contributed by atoms with E-state index in [1.807, 2.05) is 26.1 Å². The second kappa shape index (κ2) is 9.68. The number of aryl methyl sites for hydroxylation is 1. The fourth-order valence-corrected chi connectivity index (χ4v) is 6.75. The Bertz CT molecular complexity index is 1060. The summed E-state index contributed by atoms with van der Waals surface area (Å²) < 4.78 is 5.73. The number of carboxylic acid groups (broad SMARTS) is 1. The summed E-state index contributed by atoms with van der Waals surface area (Å²) in [5.74, 6) is -1.24. The number of amides is 2. The van der Waals surface area contributed by atoms with Crippen LogP contribution in [0.15, 0.2) is 30.0 Å². The lowest BCUT2D eigenvalue weighted by molar-refractivity contribution is -0.142. The minimum absolute atomic E-state index is 0.00270. The van der Waals surface area contributed by atoms with Crippen LogP contribution in [-0.2, 0) is 21.5 Å². The Morgan fingerprint density at radius 3 is 2.61 bits per heavy atom. The van der Waals surface area contributed by atoms with Crippen LogP contribution in [0.25, 0.3) is 0 Å². The van der Waals surface area contributed by atoms with E-state index >= 15 is 0 Å². The smallest absolute Gasteiger partial charge is 0.322 e. The Morgan fingerprint density at radius 2 is 2.03 bits per heavy atom. The van der Waals surface area contributed by atoms with Gasteiger partial charge in [0.1, 0.15) is 0 Å². The van der Waals surface area contributed by atoms with Crippen LogP contribution >= 0.6 is 11.6 Å². The number of aliphatic carboxylic acids is 1. The molecule has 2 aliphatic carbocycles. The highest BCUT2D eigenvalue weighted by Crippen LogP contribution is 2.49. The van der Waals surface area contributed by atoms with Gasteiger partial charge in [0.15, 0.2) is 0 Å². The number of ether oxygens (including phenoxy) is 1. The molecule has 2 N–H and O–H groups in total. The van der Waals surface area contributed by atoms with Crippen molar-refractivity contribution in [3.63, 3.8) is 0 Å². The first-order valence-corrected chi connectivity index (χ1v) is 13.5. The van der Waals surface area contributed by atoms with Crippen molar-refractivity contribution < 1.29 is 19.4 Å². The SMILES string of the molecule is COC1CC[C@]2(c3ccc(CCC(C)(C)C)c(Cl)c3)NC(=O)N(C3(C)CC(C)C(C(=O)O)C3)C=C2C1. The van der Waals surface area contributed by atoms with Crippen LogP contribution in [0.3, 0.4) is 0 Å². The number of hydrogen-bond donors (Lipinski definition) is 2. The fraction of sp³-hybridized carbons (Fsp3) is 0.655. The van der Waals surface area contributed by atoms with Crippen molar-refractivity contribution in [1.29, 1.82) is 0 Å². The average Bonchev–Trinajstić information content (AvgIpc) is 3.12. The highest BCUT2D eigenvalue weighted by Gasteiger charge is 2.53. The van der Waals surface area contributed by atoms with Crippen LogP contribution in [0.4, 0.5) is 4.79 Å². The topological polar surface area (TPSA) is 78.9 Å². The van der Waals surface area contributed by atoms with Crippen LogP contribution < -0.4 is 5.32 Å². The van der Waals surface area contributed by atoms with Gasteiger partial charge in [0, 0.05) is 23.9 Å². The van der Waals surface area contributed by atoms with Crippen LogP contribution in [0.1, 0.15) is 84.3 Å². The van der Waals surface area contributed by atoms with E-state index in [1.54, 1.807) is 12.0 Å². The largest absolute Gasteiger partial charge is 0.481 e. The van der Waals surface area contributed by atoms with Gasteiger partial charge in [0.25, 0.3) is 0 Å².